The number of nitrogens with one attached hydrogen (secondary N) is 1. The van der Waals surface area contributed by atoms with Gasteiger partial charge in [-0.05, 0) is 63.0 Å². The van der Waals surface area contributed by atoms with Crippen LogP contribution in [0.5, 0.6) is 0 Å². The van der Waals surface area contributed by atoms with E-state index in [4.69, 9.17) is 0 Å². The van der Waals surface area contributed by atoms with Gasteiger partial charge in [-0.1, -0.05) is 54.2 Å². The lowest BCUT2D eigenvalue weighted by atomic mass is 10.1. The molecule has 0 bridgehead atoms. The van der Waals surface area contributed by atoms with Crippen molar-refractivity contribution in [1.29, 1.82) is 0 Å². The van der Waals surface area contributed by atoms with E-state index in [0.29, 0.717) is 6.54 Å². The second kappa shape index (κ2) is 10.9. The van der Waals surface area contributed by atoms with Crippen LogP contribution < -0.4 is 5.32 Å². The van der Waals surface area contributed by atoms with Crippen LogP contribution in [0.2, 0.25) is 0 Å². The Bertz CT molecular complexity index is 1050. The second-order valence-electron chi connectivity index (χ2n) is 8.50. The molecule has 1 aliphatic heterocycles. The normalized spacial score (nSPS) is 16.0. The zero-order chi connectivity index (χ0) is 23.2. The second-order valence-corrected chi connectivity index (χ2v) is 9.80. The predicted octanol–water partition coefficient (Wildman–Crippen LogP) is 4.42. The van der Waals surface area contributed by atoms with Crippen LogP contribution in [0.3, 0.4) is 0 Å². The number of carbonyl (C=O) groups is 1. The molecule has 1 amide bonds. The summed E-state index contributed by atoms with van der Waals surface area (Å²) in [4.78, 5) is 15.3. The van der Waals surface area contributed by atoms with Gasteiger partial charge in [0.15, 0.2) is 5.16 Å². The molecule has 6 nitrogen and oxygen atoms in total. The Hall–Kier alpha value is -2.71. The molecule has 4 rings (SSSR count). The number of aromatic nitrogens is 3. The lowest BCUT2D eigenvalue weighted by Gasteiger charge is -2.19. The fourth-order valence-corrected chi connectivity index (χ4v) is 4.84. The van der Waals surface area contributed by atoms with E-state index in [1.54, 1.807) is 12.1 Å². The summed E-state index contributed by atoms with van der Waals surface area (Å²) in [6.45, 7) is 7.37. The van der Waals surface area contributed by atoms with Crippen molar-refractivity contribution in [3.05, 3.63) is 77.4 Å². The minimum absolute atomic E-state index is 0.0906. The third kappa shape index (κ3) is 6.21. The summed E-state index contributed by atoms with van der Waals surface area (Å²) in [6.07, 6.45) is 2.44. The van der Waals surface area contributed by atoms with Gasteiger partial charge in [0.1, 0.15) is 11.6 Å². The van der Waals surface area contributed by atoms with E-state index < -0.39 is 0 Å². The van der Waals surface area contributed by atoms with Crippen LogP contribution >= 0.6 is 11.8 Å². The predicted molar refractivity (Wildman–Crippen MR) is 128 cm³/mol. The van der Waals surface area contributed by atoms with Crippen LogP contribution in [-0.2, 0) is 17.9 Å². The van der Waals surface area contributed by atoms with Crippen molar-refractivity contribution in [1.82, 2.24) is 25.0 Å². The number of carbonyl (C=O) groups excluding carboxylic acids is 1. The minimum atomic E-state index is -0.355. The Morgan fingerprint density at radius 3 is 2.42 bits per heavy atom. The number of hydrogen-bond donors (Lipinski definition) is 1. The van der Waals surface area contributed by atoms with Gasteiger partial charge in [-0.15, -0.1) is 10.2 Å². The van der Waals surface area contributed by atoms with Crippen molar-refractivity contribution in [2.24, 2.45) is 0 Å². The molecule has 2 aromatic carbocycles. The van der Waals surface area contributed by atoms with Crippen LogP contribution in [0.4, 0.5) is 4.39 Å². The number of hydrogen-bond acceptors (Lipinski definition) is 5. The van der Waals surface area contributed by atoms with E-state index >= 15 is 0 Å². The van der Waals surface area contributed by atoms with Crippen LogP contribution in [0.25, 0.3) is 0 Å². The van der Waals surface area contributed by atoms with Crippen LogP contribution in [0.1, 0.15) is 49.7 Å². The number of amides is 1. The molecule has 174 valence electrons. The molecule has 1 fully saturated rings. The van der Waals surface area contributed by atoms with Crippen molar-refractivity contribution in [2.75, 3.05) is 13.1 Å². The van der Waals surface area contributed by atoms with Gasteiger partial charge < -0.3 is 9.88 Å². The van der Waals surface area contributed by atoms with Crippen LogP contribution in [-0.4, -0.2) is 43.9 Å². The molecular weight excluding hydrogens is 437 g/mol. The highest BCUT2D eigenvalue weighted by molar-refractivity contribution is 8.00. The zero-order valence-electron chi connectivity index (χ0n) is 19.1. The summed E-state index contributed by atoms with van der Waals surface area (Å²) >= 11 is 1.41. The van der Waals surface area contributed by atoms with Crippen molar-refractivity contribution in [3.63, 3.8) is 0 Å². The smallest absolute Gasteiger partial charge is 0.233 e. The van der Waals surface area contributed by atoms with Gasteiger partial charge in [-0.3, -0.25) is 9.69 Å². The molecule has 33 heavy (non-hydrogen) atoms. The average Bonchev–Trinajstić information content (AvgIpc) is 3.46. The number of rotatable bonds is 9. The maximum atomic E-state index is 13.2. The minimum Gasteiger partial charge on any atom is -0.349 e. The molecule has 3 aromatic rings. The highest BCUT2D eigenvalue weighted by Gasteiger charge is 2.23. The van der Waals surface area contributed by atoms with E-state index in [-0.39, 0.29) is 23.0 Å². The third-order valence-corrected chi connectivity index (χ3v) is 7.00. The lowest BCUT2D eigenvalue weighted by Crippen LogP contribution is -2.33. The fraction of sp³-hybridized carbons (Fsp3) is 0.400. The first-order valence-electron chi connectivity index (χ1n) is 11.4. The van der Waals surface area contributed by atoms with Crippen molar-refractivity contribution >= 4 is 17.7 Å². The molecule has 2 heterocycles. The Balaban J connectivity index is 1.46. The quantitative estimate of drug-likeness (QED) is 0.472. The first kappa shape index (κ1) is 23.4. The topological polar surface area (TPSA) is 63.1 Å². The van der Waals surface area contributed by atoms with Gasteiger partial charge in [-0.2, -0.15) is 0 Å². The van der Waals surface area contributed by atoms with Crippen molar-refractivity contribution < 1.29 is 9.18 Å². The maximum Gasteiger partial charge on any atom is 0.233 e. The summed E-state index contributed by atoms with van der Waals surface area (Å²) in [5.41, 5.74) is 2.03. The van der Waals surface area contributed by atoms with Crippen molar-refractivity contribution in [2.45, 2.75) is 56.2 Å². The Kier molecular flexibility index (Phi) is 7.77. The van der Waals surface area contributed by atoms with Gasteiger partial charge in [0.2, 0.25) is 5.91 Å². The van der Waals surface area contributed by atoms with E-state index in [9.17, 15) is 9.18 Å². The summed E-state index contributed by atoms with van der Waals surface area (Å²) in [5.74, 6) is 0.548. The summed E-state index contributed by atoms with van der Waals surface area (Å²) in [5, 5.41) is 12.3. The molecule has 2 atom stereocenters. The van der Waals surface area contributed by atoms with Crippen LogP contribution in [0.15, 0.2) is 59.8 Å². The fourth-order valence-electron chi connectivity index (χ4n) is 3.97. The first-order chi connectivity index (χ1) is 16.0. The third-order valence-electron chi connectivity index (χ3n) is 5.92. The van der Waals surface area contributed by atoms with Gasteiger partial charge in [0.25, 0.3) is 0 Å². The standard InChI is InChI=1S/C25H30FN5OS/c1-18(21-10-12-22(26)13-11-21)27-24(32)19(2)33-25-29-28-23(17-30-14-6-7-15-30)31(25)16-20-8-4-3-5-9-20/h3-5,8-13,18-19H,6-7,14-17H2,1-2H3,(H,27,32). The Morgan fingerprint density at radius 2 is 1.73 bits per heavy atom. The van der Waals surface area contributed by atoms with E-state index in [0.717, 1.165) is 36.2 Å². The molecule has 1 saturated heterocycles. The number of benzene rings is 2. The SMILES string of the molecule is CC(Sc1nnc(CN2CCCC2)n1Cc1ccccc1)C(=O)NC(C)c1ccc(F)cc1. The molecular formula is C25H30FN5OS. The summed E-state index contributed by atoms with van der Waals surface area (Å²) in [7, 11) is 0. The molecule has 1 N–H and O–H groups in total. The molecule has 0 spiro atoms. The number of likely N-dealkylation sites (tertiary alicyclic amines) is 1. The highest BCUT2D eigenvalue weighted by atomic mass is 32.2. The monoisotopic (exact) mass is 467 g/mol. The molecule has 1 aromatic heterocycles. The van der Waals surface area contributed by atoms with E-state index in [2.05, 4.69) is 37.1 Å². The number of nitrogens with zero attached hydrogens (tertiary/aromatic N) is 4. The lowest BCUT2D eigenvalue weighted by molar-refractivity contribution is -0.120. The average molecular weight is 468 g/mol. The first-order valence-corrected chi connectivity index (χ1v) is 12.3. The number of thioether (sulfide) groups is 1. The Morgan fingerprint density at radius 1 is 1.03 bits per heavy atom. The van der Waals surface area contributed by atoms with Gasteiger partial charge >= 0.3 is 0 Å². The van der Waals surface area contributed by atoms with Crippen LogP contribution in [0, 0.1) is 5.82 Å². The molecule has 8 heteroatoms. The molecule has 0 aliphatic carbocycles. The maximum absolute atomic E-state index is 13.2. The molecule has 1 aliphatic rings. The molecule has 0 radical (unpaired) electrons. The van der Waals surface area contributed by atoms with E-state index in [1.807, 2.05) is 32.0 Å². The highest BCUT2D eigenvalue weighted by Crippen LogP contribution is 2.25. The number of halogens is 1. The summed E-state index contributed by atoms with van der Waals surface area (Å²) in [6, 6.07) is 16.2. The molecule has 2 unspecified atom stereocenters. The van der Waals surface area contributed by atoms with Crippen molar-refractivity contribution in [3.8, 4) is 0 Å². The van der Waals surface area contributed by atoms with Gasteiger partial charge in [-0.25, -0.2) is 4.39 Å². The molecule has 0 saturated carbocycles. The largest absolute Gasteiger partial charge is 0.349 e. The van der Waals surface area contributed by atoms with Gasteiger partial charge in [0.05, 0.1) is 24.4 Å². The summed E-state index contributed by atoms with van der Waals surface area (Å²) < 4.78 is 15.3. The zero-order valence-corrected chi connectivity index (χ0v) is 19.9. The van der Waals surface area contributed by atoms with Gasteiger partial charge in [0, 0.05) is 0 Å². The Labute approximate surface area is 198 Å². The van der Waals surface area contributed by atoms with E-state index in [1.165, 1.54) is 42.3 Å².